The molecule has 0 saturated heterocycles. The lowest BCUT2D eigenvalue weighted by molar-refractivity contribution is -0.144. The summed E-state index contributed by atoms with van der Waals surface area (Å²) in [5, 5.41) is 0. The number of hydrogen-bond donors (Lipinski definition) is 2. The van der Waals surface area contributed by atoms with Gasteiger partial charge in [-0.2, -0.15) is 0 Å². The first-order valence-corrected chi connectivity index (χ1v) is 13.1. The van der Waals surface area contributed by atoms with E-state index < -0.39 is 11.3 Å². The molecule has 0 radical (unpaired) electrons. The molecule has 4 rings (SSSR count). The molecule has 3 unspecified atom stereocenters. The Kier molecular flexibility index (Phi) is 10.0. The maximum atomic E-state index is 11.5. The molecule has 1 fully saturated rings. The van der Waals surface area contributed by atoms with Crippen LogP contribution in [-0.2, 0) is 45.3 Å². The molecule has 186 valence electrons. The summed E-state index contributed by atoms with van der Waals surface area (Å²) in [5.41, 5.74) is 3.27. The van der Waals surface area contributed by atoms with E-state index in [1.165, 1.54) is 0 Å². The minimum atomic E-state index is -2.10. The van der Waals surface area contributed by atoms with Crippen molar-refractivity contribution in [1.29, 1.82) is 0 Å². The Bertz CT molecular complexity index is 1020. The fourth-order valence-electron chi connectivity index (χ4n) is 4.57. The maximum absolute atomic E-state index is 11.5. The van der Waals surface area contributed by atoms with Crippen LogP contribution in [0.3, 0.4) is 0 Å². The van der Waals surface area contributed by atoms with Gasteiger partial charge in [0.25, 0.3) is 0 Å². The van der Waals surface area contributed by atoms with E-state index in [0.29, 0.717) is 39.3 Å². The minimum absolute atomic E-state index is 0.00185. The average Bonchev–Trinajstić information content (AvgIpc) is 2.88. The third-order valence-electron chi connectivity index (χ3n) is 6.24. The van der Waals surface area contributed by atoms with E-state index in [4.69, 9.17) is 14.2 Å². The summed E-state index contributed by atoms with van der Waals surface area (Å²) in [7, 11) is 0. The van der Waals surface area contributed by atoms with Crippen molar-refractivity contribution in [2.24, 2.45) is 5.92 Å². The van der Waals surface area contributed by atoms with Crippen LogP contribution in [0.5, 0.6) is 0 Å². The Morgan fingerprint density at radius 2 is 1.26 bits per heavy atom. The van der Waals surface area contributed by atoms with E-state index in [9.17, 15) is 8.76 Å². The minimum Gasteiger partial charge on any atom is -0.376 e. The fraction of sp³-hybridized carbons (Fsp3) is 0.357. The molecule has 1 aliphatic carbocycles. The summed E-state index contributed by atoms with van der Waals surface area (Å²) in [5.74, 6) is -0.00185. The monoisotopic (exact) mass is 495 g/mol. The highest BCUT2D eigenvalue weighted by Crippen LogP contribution is 2.32. The Hall–Kier alpha value is -2.39. The normalized spacial score (nSPS) is 23.1. The Labute approximate surface area is 210 Å². The molecule has 0 heterocycles. The molecule has 35 heavy (non-hydrogen) atoms. The highest BCUT2D eigenvalue weighted by molar-refractivity contribution is 7.77. The van der Waals surface area contributed by atoms with Gasteiger partial charge in [-0.15, -0.1) is 0 Å². The molecule has 1 aliphatic rings. The smallest absolute Gasteiger partial charge is 0.231 e. The van der Waals surface area contributed by atoms with Gasteiger partial charge in [0.05, 0.1) is 38.6 Å². The number of nitrogens with one attached hydrogen (secondary N) is 1. The molecule has 0 spiro atoms. The van der Waals surface area contributed by atoms with Crippen LogP contribution < -0.4 is 4.72 Å². The third-order valence-corrected chi connectivity index (χ3v) is 6.77. The van der Waals surface area contributed by atoms with Crippen molar-refractivity contribution in [3.63, 3.8) is 0 Å². The first-order chi connectivity index (χ1) is 17.2. The Morgan fingerprint density at radius 1 is 0.743 bits per heavy atom. The number of benzene rings is 3. The molecule has 0 amide bonds. The van der Waals surface area contributed by atoms with Crippen LogP contribution in [0.2, 0.25) is 0 Å². The van der Waals surface area contributed by atoms with Crippen LogP contribution in [0.25, 0.3) is 0 Å². The van der Waals surface area contributed by atoms with E-state index in [1.54, 1.807) is 0 Å². The zero-order chi connectivity index (χ0) is 24.3. The second-order valence-electron chi connectivity index (χ2n) is 8.89. The Balaban J connectivity index is 1.48. The van der Waals surface area contributed by atoms with Gasteiger partial charge in [-0.3, -0.25) is 4.55 Å². The summed E-state index contributed by atoms with van der Waals surface area (Å²) in [6.07, 6.45) is 0.776. The highest BCUT2D eigenvalue weighted by Gasteiger charge is 2.40. The third kappa shape index (κ3) is 8.35. The molecular formula is C28H33NO5S. The molecular weight excluding hydrogens is 462 g/mol. The van der Waals surface area contributed by atoms with E-state index >= 15 is 0 Å². The van der Waals surface area contributed by atoms with Crippen molar-refractivity contribution in [2.75, 3.05) is 6.61 Å². The average molecular weight is 496 g/mol. The lowest BCUT2D eigenvalue weighted by Gasteiger charge is -2.41. The quantitative estimate of drug-likeness (QED) is 0.350. The van der Waals surface area contributed by atoms with E-state index in [-0.39, 0.29) is 24.2 Å². The maximum Gasteiger partial charge on any atom is 0.231 e. The van der Waals surface area contributed by atoms with Gasteiger partial charge in [-0.05, 0) is 29.5 Å². The largest absolute Gasteiger partial charge is 0.376 e. The topological polar surface area (TPSA) is 77.0 Å². The lowest BCUT2D eigenvalue weighted by atomic mass is 9.81. The zero-order valence-electron chi connectivity index (χ0n) is 19.7. The van der Waals surface area contributed by atoms with E-state index in [1.807, 2.05) is 91.0 Å². The van der Waals surface area contributed by atoms with E-state index in [2.05, 4.69) is 4.72 Å². The molecule has 0 aromatic heterocycles. The summed E-state index contributed by atoms with van der Waals surface area (Å²) in [4.78, 5) is 0. The molecule has 1 saturated carbocycles. The zero-order valence-corrected chi connectivity index (χ0v) is 20.5. The van der Waals surface area contributed by atoms with Crippen molar-refractivity contribution < 1.29 is 23.0 Å². The predicted molar refractivity (Wildman–Crippen MR) is 137 cm³/mol. The van der Waals surface area contributed by atoms with Crippen molar-refractivity contribution in [1.82, 2.24) is 4.72 Å². The second kappa shape index (κ2) is 13.6. The highest BCUT2D eigenvalue weighted by atomic mass is 32.2. The summed E-state index contributed by atoms with van der Waals surface area (Å²) in [6.45, 7) is 1.89. The number of hydrogen-bond acceptors (Lipinski definition) is 4. The van der Waals surface area contributed by atoms with Crippen LogP contribution >= 0.6 is 0 Å². The van der Waals surface area contributed by atoms with Crippen LogP contribution in [0, 0.1) is 5.92 Å². The van der Waals surface area contributed by atoms with Crippen molar-refractivity contribution in [3.8, 4) is 0 Å². The van der Waals surface area contributed by atoms with Gasteiger partial charge in [0.15, 0.2) is 0 Å². The molecule has 3 aromatic carbocycles. The van der Waals surface area contributed by atoms with Gasteiger partial charge in [0, 0.05) is 12.0 Å². The van der Waals surface area contributed by atoms with Crippen LogP contribution in [0.15, 0.2) is 91.0 Å². The van der Waals surface area contributed by atoms with Crippen molar-refractivity contribution >= 4 is 11.3 Å². The van der Waals surface area contributed by atoms with E-state index in [0.717, 1.165) is 16.7 Å². The lowest BCUT2D eigenvalue weighted by Crippen LogP contribution is -2.51. The molecule has 5 atom stereocenters. The Morgan fingerprint density at radius 3 is 1.80 bits per heavy atom. The standard InChI is InChI=1S/C28H33NO5S/c30-35(31)29-26-16-25(21-32-18-22-10-4-1-5-11-22)28(34-20-24-14-8-3-9-15-24)27(17-26)33-19-23-12-6-2-7-13-23/h1-15,25-29H,16-21H2,(H,30,31)/t25?,26-,27?,28+/m0/s1. The van der Waals surface area contributed by atoms with Gasteiger partial charge in [0.2, 0.25) is 11.3 Å². The first kappa shape index (κ1) is 25.7. The molecule has 3 aromatic rings. The van der Waals surface area contributed by atoms with Crippen LogP contribution in [0.1, 0.15) is 29.5 Å². The first-order valence-electron chi connectivity index (χ1n) is 12.0. The van der Waals surface area contributed by atoms with Gasteiger partial charge in [0.1, 0.15) is 0 Å². The van der Waals surface area contributed by atoms with Gasteiger partial charge in [-0.1, -0.05) is 91.0 Å². The predicted octanol–water partition coefficient (Wildman–Crippen LogP) is 4.88. The molecule has 2 N–H and O–H groups in total. The molecule has 7 heteroatoms. The number of rotatable bonds is 12. The fourth-order valence-corrected chi connectivity index (χ4v) is 5.05. The van der Waals surface area contributed by atoms with Gasteiger partial charge in [-0.25, -0.2) is 8.93 Å². The van der Waals surface area contributed by atoms with Crippen molar-refractivity contribution in [2.45, 2.75) is 50.9 Å². The summed E-state index contributed by atoms with van der Waals surface area (Å²) >= 11 is -2.10. The molecule has 6 nitrogen and oxygen atoms in total. The number of ether oxygens (including phenoxy) is 3. The second-order valence-corrected chi connectivity index (χ2v) is 9.63. The SMILES string of the molecule is O=S(O)N[C@H]1CC(COCc2ccccc2)[C@@H](OCc2ccccc2)C(OCc2ccccc2)C1. The van der Waals surface area contributed by atoms with Crippen LogP contribution in [0.4, 0.5) is 0 Å². The van der Waals surface area contributed by atoms with Gasteiger partial charge >= 0.3 is 0 Å². The van der Waals surface area contributed by atoms with Gasteiger partial charge < -0.3 is 14.2 Å². The summed E-state index contributed by atoms with van der Waals surface area (Å²) in [6, 6.07) is 30.0. The van der Waals surface area contributed by atoms with Crippen LogP contribution in [-0.4, -0.2) is 33.6 Å². The summed E-state index contributed by atoms with van der Waals surface area (Å²) < 4.78 is 42.8. The van der Waals surface area contributed by atoms with Crippen molar-refractivity contribution in [3.05, 3.63) is 108 Å². The molecule has 0 bridgehead atoms. The molecule has 0 aliphatic heterocycles.